The summed E-state index contributed by atoms with van der Waals surface area (Å²) in [5.74, 6) is -0.428. The van der Waals surface area contributed by atoms with Crippen LogP contribution in [0.1, 0.15) is 23.0 Å². The molecular weight excluding hydrogens is 404 g/mol. The zero-order chi connectivity index (χ0) is 22.4. The topological polar surface area (TPSA) is 84.4 Å². The first kappa shape index (κ1) is 21.6. The van der Waals surface area contributed by atoms with Crippen LogP contribution >= 0.6 is 0 Å². The van der Waals surface area contributed by atoms with Crippen molar-refractivity contribution in [2.24, 2.45) is 0 Å². The van der Waals surface area contributed by atoms with Gasteiger partial charge >= 0.3 is 0 Å². The summed E-state index contributed by atoms with van der Waals surface area (Å²) < 4.78 is 6.15. The fourth-order valence-electron chi connectivity index (χ4n) is 4.04. The molecule has 0 unspecified atom stereocenters. The summed E-state index contributed by atoms with van der Waals surface area (Å²) in [5, 5.41) is 2.90. The number of ether oxygens (including phenoxy) is 1. The Morgan fingerprint density at radius 2 is 1.94 bits per heavy atom. The van der Waals surface area contributed by atoms with Crippen LogP contribution in [0.25, 0.3) is 11.1 Å². The summed E-state index contributed by atoms with van der Waals surface area (Å²) in [5.41, 5.74) is 2.07. The first-order valence-electron chi connectivity index (χ1n) is 10.7. The first-order chi connectivity index (χ1) is 15.6. The molecular formula is C25H26N4O3. The third-order valence-corrected chi connectivity index (χ3v) is 5.57. The number of benzene rings is 1. The van der Waals surface area contributed by atoms with Gasteiger partial charge in [0.2, 0.25) is 0 Å². The zero-order valence-electron chi connectivity index (χ0n) is 18.0. The Morgan fingerprint density at radius 1 is 1.09 bits per heavy atom. The number of morpholine rings is 1. The van der Waals surface area contributed by atoms with Crippen molar-refractivity contribution in [1.29, 1.82) is 0 Å². The molecule has 4 rings (SSSR count). The molecule has 1 aliphatic heterocycles. The summed E-state index contributed by atoms with van der Waals surface area (Å²) in [6.07, 6.45) is 5.45. The second-order valence-corrected chi connectivity index (χ2v) is 7.72. The normalized spacial score (nSPS) is 18.2. The van der Waals surface area contributed by atoms with E-state index in [0.717, 1.165) is 16.7 Å². The highest BCUT2D eigenvalue weighted by Gasteiger charge is 2.45. The predicted octanol–water partition coefficient (Wildman–Crippen LogP) is 2.73. The third-order valence-electron chi connectivity index (χ3n) is 5.57. The monoisotopic (exact) mass is 430 g/mol. The Hall–Kier alpha value is -3.58. The minimum absolute atomic E-state index is 0.148. The van der Waals surface area contributed by atoms with E-state index in [2.05, 4.69) is 15.3 Å². The Morgan fingerprint density at radius 3 is 2.69 bits per heavy atom. The SMILES string of the molecule is CCNC(=O)[C@]1(Cc2ccccc2-c2cccnc2)CN(C(=O)c2ccccn2)CCO1. The minimum atomic E-state index is -1.20. The molecule has 0 saturated carbocycles. The van der Waals surface area contributed by atoms with Crippen LogP contribution in [0, 0.1) is 0 Å². The van der Waals surface area contributed by atoms with Gasteiger partial charge in [0.15, 0.2) is 5.60 Å². The predicted molar refractivity (Wildman–Crippen MR) is 121 cm³/mol. The number of carbonyl (C=O) groups excluding carboxylic acids is 2. The fraction of sp³-hybridized carbons (Fsp3) is 0.280. The summed E-state index contributed by atoms with van der Waals surface area (Å²) in [6, 6.07) is 17.0. The van der Waals surface area contributed by atoms with Crippen molar-refractivity contribution in [1.82, 2.24) is 20.2 Å². The van der Waals surface area contributed by atoms with Crippen LogP contribution in [0.3, 0.4) is 0 Å². The van der Waals surface area contributed by atoms with E-state index in [1.807, 2.05) is 43.3 Å². The summed E-state index contributed by atoms with van der Waals surface area (Å²) >= 11 is 0. The van der Waals surface area contributed by atoms with Crippen LogP contribution in [-0.4, -0.2) is 58.5 Å². The van der Waals surface area contributed by atoms with Crippen molar-refractivity contribution in [2.75, 3.05) is 26.2 Å². The van der Waals surface area contributed by atoms with Gasteiger partial charge in [-0.2, -0.15) is 0 Å². The van der Waals surface area contributed by atoms with Crippen molar-refractivity contribution < 1.29 is 14.3 Å². The Balaban J connectivity index is 1.68. The molecule has 0 bridgehead atoms. The third kappa shape index (κ3) is 4.53. The molecule has 1 fully saturated rings. The minimum Gasteiger partial charge on any atom is -0.361 e. The molecule has 0 aliphatic carbocycles. The Labute approximate surface area is 187 Å². The van der Waals surface area contributed by atoms with E-state index in [1.165, 1.54) is 0 Å². The van der Waals surface area contributed by atoms with Crippen molar-refractivity contribution in [3.63, 3.8) is 0 Å². The maximum absolute atomic E-state index is 13.3. The standard InChI is InChI=1S/C25H26N4O3/c1-2-27-24(31)25(16-19-8-3-4-10-21(19)20-9-7-12-26-17-20)18-29(14-15-32-25)23(30)22-11-5-6-13-28-22/h3-13,17H,2,14-16,18H2,1H3,(H,27,31)/t25-/m0/s1. The molecule has 32 heavy (non-hydrogen) atoms. The molecule has 2 amide bonds. The van der Waals surface area contributed by atoms with E-state index < -0.39 is 5.60 Å². The lowest BCUT2D eigenvalue weighted by Crippen LogP contribution is -2.62. The highest BCUT2D eigenvalue weighted by Crippen LogP contribution is 2.30. The number of aromatic nitrogens is 2. The number of amides is 2. The van der Waals surface area contributed by atoms with E-state index in [-0.39, 0.29) is 25.0 Å². The summed E-state index contributed by atoms with van der Waals surface area (Å²) in [4.78, 5) is 36.4. The molecule has 2 aromatic heterocycles. The second-order valence-electron chi connectivity index (χ2n) is 7.72. The number of carbonyl (C=O) groups is 2. The largest absolute Gasteiger partial charge is 0.361 e. The molecule has 1 saturated heterocycles. The van der Waals surface area contributed by atoms with Gasteiger partial charge in [0, 0.05) is 43.7 Å². The smallest absolute Gasteiger partial charge is 0.272 e. The average molecular weight is 431 g/mol. The number of likely N-dealkylation sites (N-methyl/N-ethyl adjacent to an activating group) is 1. The molecule has 164 valence electrons. The number of pyridine rings is 2. The van der Waals surface area contributed by atoms with Gasteiger partial charge in [-0.15, -0.1) is 0 Å². The number of nitrogens with zero attached hydrogens (tertiary/aromatic N) is 3. The molecule has 0 spiro atoms. The maximum Gasteiger partial charge on any atom is 0.272 e. The zero-order valence-corrected chi connectivity index (χ0v) is 18.0. The summed E-state index contributed by atoms with van der Waals surface area (Å²) in [7, 11) is 0. The van der Waals surface area contributed by atoms with Gasteiger partial charge in [0.05, 0.1) is 13.2 Å². The van der Waals surface area contributed by atoms with Gasteiger partial charge in [0.1, 0.15) is 5.69 Å². The molecule has 1 N–H and O–H groups in total. The van der Waals surface area contributed by atoms with Crippen LogP contribution in [-0.2, 0) is 16.0 Å². The van der Waals surface area contributed by atoms with E-state index in [4.69, 9.17) is 4.74 Å². The van der Waals surface area contributed by atoms with Crippen molar-refractivity contribution in [2.45, 2.75) is 18.9 Å². The lowest BCUT2D eigenvalue weighted by molar-refractivity contribution is -0.157. The molecule has 3 aromatic rings. The molecule has 7 heteroatoms. The second kappa shape index (κ2) is 9.70. The number of rotatable bonds is 6. The van der Waals surface area contributed by atoms with Gasteiger partial charge in [0.25, 0.3) is 11.8 Å². The molecule has 1 aliphatic rings. The lowest BCUT2D eigenvalue weighted by Gasteiger charge is -2.41. The van der Waals surface area contributed by atoms with Gasteiger partial charge in [-0.05, 0) is 36.2 Å². The van der Waals surface area contributed by atoms with Gasteiger partial charge in [-0.3, -0.25) is 19.6 Å². The Kier molecular flexibility index (Phi) is 6.56. The van der Waals surface area contributed by atoms with Crippen molar-refractivity contribution in [3.8, 4) is 11.1 Å². The quantitative estimate of drug-likeness (QED) is 0.650. The number of hydrogen-bond donors (Lipinski definition) is 1. The van der Waals surface area contributed by atoms with E-state index in [9.17, 15) is 9.59 Å². The molecule has 3 heterocycles. The van der Waals surface area contributed by atoms with E-state index in [0.29, 0.717) is 25.2 Å². The molecule has 0 radical (unpaired) electrons. The Bertz CT molecular complexity index is 1070. The van der Waals surface area contributed by atoms with Gasteiger partial charge < -0.3 is 15.0 Å². The van der Waals surface area contributed by atoms with E-state index in [1.54, 1.807) is 41.7 Å². The van der Waals surface area contributed by atoms with Crippen LogP contribution in [0.2, 0.25) is 0 Å². The van der Waals surface area contributed by atoms with Crippen LogP contribution in [0.15, 0.2) is 73.2 Å². The highest BCUT2D eigenvalue weighted by atomic mass is 16.5. The first-order valence-corrected chi connectivity index (χ1v) is 10.7. The summed E-state index contributed by atoms with van der Waals surface area (Å²) in [6.45, 7) is 3.17. The van der Waals surface area contributed by atoms with Gasteiger partial charge in [-0.25, -0.2) is 0 Å². The van der Waals surface area contributed by atoms with Crippen LogP contribution in [0.4, 0.5) is 0 Å². The fourth-order valence-corrected chi connectivity index (χ4v) is 4.04. The lowest BCUT2D eigenvalue weighted by atomic mass is 9.87. The van der Waals surface area contributed by atoms with Gasteiger partial charge in [-0.1, -0.05) is 36.4 Å². The van der Waals surface area contributed by atoms with Crippen molar-refractivity contribution >= 4 is 11.8 Å². The highest BCUT2D eigenvalue weighted by molar-refractivity contribution is 5.94. The number of hydrogen-bond acceptors (Lipinski definition) is 5. The average Bonchev–Trinajstić information content (AvgIpc) is 2.85. The molecule has 1 aromatic carbocycles. The van der Waals surface area contributed by atoms with Crippen LogP contribution in [0.5, 0.6) is 0 Å². The van der Waals surface area contributed by atoms with E-state index >= 15 is 0 Å². The number of nitrogens with one attached hydrogen (secondary N) is 1. The maximum atomic E-state index is 13.3. The van der Waals surface area contributed by atoms with Crippen molar-refractivity contribution in [3.05, 3.63) is 84.4 Å². The van der Waals surface area contributed by atoms with Crippen LogP contribution < -0.4 is 5.32 Å². The molecule has 7 nitrogen and oxygen atoms in total. The molecule has 1 atom stereocenters.